The van der Waals surface area contributed by atoms with E-state index in [1.165, 1.54) is 5.56 Å². The van der Waals surface area contributed by atoms with Crippen molar-refractivity contribution >= 4 is 12.6 Å². The molecule has 1 rings (SSSR count). The fraction of sp³-hybridized carbons (Fsp3) is 0.143. The fourth-order valence-corrected chi connectivity index (χ4v) is 0.694. The molecule has 0 saturated heterocycles. The Morgan fingerprint density at radius 1 is 0.909 bits per heavy atom. The third-order valence-corrected chi connectivity index (χ3v) is 1.33. The summed E-state index contributed by atoms with van der Waals surface area (Å²) in [4.78, 5) is 1.02. The summed E-state index contributed by atoms with van der Waals surface area (Å²) < 4.78 is 0. The summed E-state index contributed by atoms with van der Waals surface area (Å²) in [6.07, 6.45) is 0. The van der Waals surface area contributed by atoms with Crippen molar-refractivity contribution in [3.05, 3.63) is 29.8 Å². The smallest absolute Gasteiger partial charge is 0.00401 e. The van der Waals surface area contributed by atoms with E-state index >= 15 is 0 Å². The lowest BCUT2D eigenvalue weighted by molar-refractivity contribution is 0.823. The Bertz CT molecular complexity index is 153. The van der Waals surface area contributed by atoms with E-state index in [0.29, 0.717) is 0 Å². The van der Waals surface area contributed by atoms with Gasteiger partial charge in [0.1, 0.15) is 0 Å². The molecule has 0 aliphatic carbocycles. The highest BCUT2D eigenvalue weighted by molar-refractivity contribution is 7.80. The first-order valence-corrected chi connectivity index (χ1v) is 2.99. The van der Waals surface area contributed by atoms with E-state index in [0.717, 1.165) is 4.90 Å². The Kier molecular flexibility index (Phi) is 11.5. The van der Waals surface area contributed by atoms with Gasteiger partial charge in [-0.05, 0) is 19.1 Å². The molecule has 6 N–H and O–H groups in total. The van der Waals surface area contributed by atoms with Crippen molar-refractivity contribution in [2.24, 2.45) is 0 Å². The maximum atomic E-state index is 4.13. The number of hydrogen-bond acceptors (Lipinski definition) is 1. The predicted octanol–water partition coefficient (Wildman–Crippen LogP) is -0.190. The van der Waals surface area contributed by atoms with Crippen molar-refractivity contribution in [2.75, 3.05) is 0 Å². The number of hydrogen-bond donors (Lipinski definition) is 1. The first-order valence-electron chi connectivity index (χ1n) is 2.54. The Balaban J connectivity index is -0.000000213. The minimum atomic E-state index is 0. The molecule has 0 amide bonds. The molecule has 0 radical (unpaired) electrons. The van der Waals surface area contributed by atoms with Crippen LogP contribution in [-0.2, 0) is 0 Å². The summed E-state index contributed by atoms with van der Waals surface area (Å²) in [5, 5.41) is 0. The van der Waals surface area contributed by atoms with Gasteiger partial charge in [-0.25, -0.2) is 0 Å². The highest BCUT2D eigenvalue weighted by Gasteiger charge is 1.80. The summed E-state index contributed by atoms with van der Waals surface area (Å²) in [7, 11) is 0. The highest BCUT2D eigenvalue weighted by atomic mass is 32.1. The van der Waals surface area contributed by atoms with E-state index in [1.807, 2.05) is 24.3 Å². The molecule has 4 heteroatoms. The monoisotopic (exact) mass is 178 g/mol. The van der Waals surface area contributed by atoms with Crippen LogP contribution < -0.4 is 0 Å². The summed E-state index contributed by atoms with van der Waals surface area (Å²) in [6.45, 7) is 2.06. The Morgan fingerprint density at radius 3 is 1.55 bits per heavy atom. The van der Waals surface area contributed by atoms with Crippen LogP contribution in [0.2, 0.25) is 0 Å². The predicted molar refractivity (Wildman–Crippen MR) is 49.3 cm³/mol. The quantitative estimate of drug-likeness (QED) is 0.533. The minimum absolute atomic E-state index is 0. The van der Waals surface area contributed by atoms with E-state index < -0.39 is 0 Å². The number of rotatable bonds is 0. The lowest BCUT2D eigenvalue weighted by Crippen LogP contribution is -1.67. The second-order valence-electron chi connectivity index (χ2n) is 1.84. The van der Waals surface area contributed by atoms with E-state index in [4.69, 9.17) is 0 Å². The molecule has 0 heterocycles. The zero-order chi connectivity index (χ0) is 5.98. The van der Waals surface area contributed by atoms with Crippen molar-refractivity contribution in [1.82, 2.24) is 0 Å². The van der Waals surface area contributed by atoms with Crippen LogP contribution in [0.25, 0.3) is 0 Å². The molecular weight excluding hydrogens is 164 g/mol. The first-order chi connectivity index (χ1) is 3.79. The van der Waals surface area contributed by atoms with Crippen molar-refractivity contribution in [2.45, 2.75) is 11.8 Å². The maximum absolute atomic E-state index is 4.13. The third kappa shape index (κ3) is 5.87. The Hall–Kier alpha value is -0.550. The fourth-order valence-electron chi connectivity index (χ4n) is 0.545. The van der Waals surface area contributed by atoms with Gasteiger partial charge in [0.25, 0.3) is 0 Å². The molecule has 0 saturated carbocycles. The highest BCUT2D eigenvalue weighted by Crippen LogP contribution is 2.05. The molecule has 11 heavy (non-hydrogen) atoms. The maximum Gasteiger partial charge on any atom is 0.00401 e. The lowest BCUT2D eigenvalue weighted by Gasteiger charge is -1.89. The average molecular weight is 178 g/mol. The molecule has 0 bridgehead atoms. The van der Waals surface area contributed by atoms with Crippen LogP contribution >= 0.6 is 12.6 Å². The van der Waals surface area contributed by atoms with Crippen molar-refractivity contribution < 1.29 is 16.4 Å². The van der Waals surface area contributed by atoms with Crippen LogP contribution in [0.15, 0.2) is 29.2 Å². The second kappa shape index (κ2) is 7.56. The van der Waals surface area contributed by atoms with Crippen LogP contribution in [0.4, 0.5) is 0 Å². The number of thiol groups is 1. The molecule has 66 valence electrons. The molecule has 0 unspecified atom stereocenters. The molecule has 0 aliphatic rings. The largest absolute Gasteiger partial charge is 0.412 e. The Labute approximate surface area is 71.4 Å². The number of benzene rings is 1. The molecule has 0 aliphatic heterocycles. The normalized spacial score (nSPS) is 6.73. The molecule has 1 aromatic carbocycles. The van der Waals surface area contributed by atoms with Crippen molar-refractivity contribution in [1.29, 1.82) is 0 Å². The van der Waals surface area contributed by atoms with Gasteiger partial charge in [0, 0.05) is 4.90 Å². The summed E-state index contributed by atoms with van der Waals surface area (Å²) >= 11 is 4.13. The van der Waals surface area contributed by atoms with Crippen LogP contribution in [0.5, 0.6) is 0 Å². The van der Waals surface area contributed by atoms with E-state index in [9.17, 15) is 0 Å². The average Bonchev–Trinajstić information content (AvgIpc) is 1.77. The van der Waals surface area contributed by atoms with Crippen molar-refractivity contribution in [3.63, 3.8) is 0 Å². The van der Waals surface area contributed by atoms with E-state index in [-0.39, 0.29) is 16.4 Å². The zero-order valence-electron chi connectivity index (χ0n) is 6.26. The van der Waals surface area contributed by atoms with E-state index in [1.54, 1.807) is 0 Å². The molecule has 0 spiro atoms. The molecule has 0 aromatic heterocycles. The van der Waals surface area contributed by atoms with Gasteiger partial charge in [-0.15, -0.1) is 12.6 Å². The number of aryl methyl sites for hydroxylation is 1. The lowest BCUT2D eigenvalue weighted by atomic mass is 10.2. The van der Waals surface area contributed by atoms with Gasteiger partial charge in [-0.3, -0.25) is 0 Å². The Morgan fingerprint density at radius 2 is 1.27 bits per heavy atom. The third-order valence-electron chi connectivity index (χ3n) is 1.03. The van der Waals surface area contributed by atoms with Crippen LogP contribution in [0.1, 0.15) is 5.56 Å². The second-order valence-corrected chi connectivity index (χ2v) is 2.35. The summed E-state index contributed by atoms with van der Waals surface area (Å²) in [5.74, 6) is 0. The van der Waals surface area contributed by atoms with Crippen LogP contribution in [0, 0.1) is 6.92 Å². The summed E-state index contributed by atoms with van der Waals surface area (Å²) in [6, 6.07) is 8.06. The minimum Gasteiger partial charge on any atom is -0.412 e. The van der Waals surface area contributed by atoms with Gasteiger partial charge < -0.3 is 16.4 Å². The molecule has 0 fully saturated rings. The molecule has 1 aromatic rings. The molecule has 0 atom stereocenters. The standard InChI is InChI=1S/C7H8S.3H2O/c1-6-2-4-7(8)5-3-6;;;/h2-5,8H,1H3;3*1H2. The van der Waals surface area contributed by atoms with E-state index in [2.05, 4.69) is 19.6 Å². The summed E-state index contributed by atoms with van der Waals surface area (Å²) in [5.41, 5.74) is 1.28. The van der Waals surface area contributed by atoms with Gasteiger partial charge in [-0.1, -0.05) is 17.7 Å². The van der Waals surface area contributed by atoms with Gasteiger partial charge in [0.2, 0.25) is 0 Å². The molecular formula is C7H14O3S. The first kappa shape index (κ1) is 16.8. The van der Waals surface area contributed by atoms with Gasteiger partial charge >= 0.3 is 0 Å². The van der Waals surface area contributed by atoms with Gasteiger partial charge in [-0.2, -0.15) is 0 Å². The van der Waals surface area contributed by atoms with Crippen LogP contribution in [0.3, 0.4) is 0 Å². The van der Waals surface area contributed by atoms with Gasteiger partial charge in [0.05, 0.1) is 0 Å². The van der Waals surface area contributed by atoms with Crippen LogP contribution in [-0.4, -0.2) is 16.4 Å². The topological polar surface area (TPSA) is 94.5 Å². The van der Waals surface area contributed by atoms with Crippen molar-refractivity contribution in [3.8, 4) is 0 Å². The SMILES string of the molecule is Cc1ccc(S)cc1.O.O.O. The molecule has 3 nitrogen and oxygen atoms in total. The zero-order valence-corrected chi connectivity index (χ0v) is 7.15. The van der Waals surface area contributed by atoms with Gasteiger partial charge in [0.15, 0.2) is 0 Å².